The third-order valence-electron chi connectivity index (χ3n) is 8.82. The van der Waals surface area contributed by atoms with Crippen molar-refractivity contribution in [3.63, 3.8) is 0 Å². The minimum atomic E-state index is 1.21. The minimum Gasteiger partial charge on any atom is -0.309 e. The molecule has 0 aliphatic heterocycles. The summed E-state index contributed by atoms with van der Waals surface area (Å²) in [5.74, 6) is 0. The highest BCUT2D eigenvalue weighted by atomic mass is 32.1. The molecular formula is C42H27NS. The number of fused-ring (bicyclic) bond motifs is 5. The Kier molecular flexibility index (Phi) is 5.75. The van der Waals surface area contributed by atoms with Crippen molar-refractivity contribution in [3.05, 3.63) is 164 Å². The number of nitrogens with zero attached hydrogens (tertiary/aromatic N) is 1. The van der Waals surface area contributed by atoms with E-state index in [9.17, 15) is 0 Å². The van der Waals surface area contributed by atoms with Crippen molar-refractivity contribution in [1.29, 1.82) is 0 Å². The number of thiophene rings is 1. The van der Waals surface area contributed by atoms with Crippen LogP contribution in [0.25, 0.3) is 81.0 Å². The highest BCUT2D eigenvalue weighted by Crippen LogP contribution is 2.46. The van der Waals surface area contributed by atoms with Crippen LogP contribution in [0.5, 0.6) is 0 Å². The first kappa shape index (κ1) is 25.1. The third kappa shape index (κ3) is 3.85. The van der Waals surface area contributed by atoms with Crippen LogP contribution in [-0.2, 0) is 0 Å². The van der Waals surface area contributed by atoms with Gasteiger partial charge in [-0.15, -0.1) is 11.3 Å². The molecule has 0 N–H and O–H groups in total. The lowest BCUT2D eigenvalue weighted by Gasteiger charge is -2.15. The van der Waals surface area contributed by atoms with Gasteiger partial charge in [0.15, 0.2) is 0 Å². The zero-order valence-corrected chi connectivity index (χ0v) is 24.8. The molecule has 0 aliphatic carbocycles. The van der Waals surface area contributed by atoms with Gasteiger partial charge < -0.3 is 4.57 Å². The molecule has 0 radical (unpaired) electrons. The molecule has 0 fully saturated rings. The Balaban J connectivity index is 1.26. The van der Waals surface area contributed by atoms with E-state index in [1.54, 1.807) is 0 Å². The maximum atomic E-state index is 2.43. The van der Waals surface area contributed by atoms with Gasteiger partial charge in [0.1, 0.15) is 0 Å². The van der Waals surface area contributed by atoms with Gasteiger partial charge in [-0.1, -0.05) is 140 Å². The van der Waals surface area contributed by atoms with Crippen molar-refractivity contribution < 1.29 is 0 Å². The first-order chi connectivity index (χ1) is 21.8. The fourth-order valence-electron chi connectivity index (χ4n) is 6.86. The van der Waals surface area contributed by atoms with Crippen LogP contribution in [0.4, 0.5) is 0 Å². The molecule has 0 aliphatic rings. The predicted octanol–water partition coefficient (Wildman–Crippen LogP) is 12.2. The van der Waals surface area contributed by atoms with E-state index in [1.165, 1.54) is 81.0 Å². The van der Waals surface area contributed by atoms with Crippen molar-refractivity contribution in [2.24, 2.45) is 0 Å². The fourth-order valence-corrected chi connectivity index (χ4v) is 8.13. The normalized spacial score (nSPS) is 11.6. The molecule has 2 heterocycles. The van der Waals surface area contributed by atoms with Gasteiger partial charge in [-0.05, 0) is 51.9 Å². The van der Waals surface area contributed by atoms with Gasteiger partial charge >= 0.3 is 0 Å². The summed E-state index contributed by atoms with van der Waals surface area (Å²) in [6.45, 7) is 0. The zero-order chi connectivity index (χ0) is 29.0. The summed E-state index contributed by atoms with van der Waals surface area (Å²) in [4.78, 5) is 1.32. The van der Waals surface area contributed by atoms with Gasteiger partial charge in [0.25, 0.3) is 0 Å². The van der Waals surface area contributed by atoms with E-state index < -0.39 is 0 Å². The predicted molar refractivity (Wildman–Crippen MR) is 190 cm³/mol. The molecule has 0 atom stereocenters. The fraction of sp³-hybridized carbons (Fsp3) is 0. The average molecular weight is 578 g/mol. The SMILES string of the molecule is c1ccc(-c2sc3cc(-c4ccc(-n5c6ccccc6c6ccccc65)c5ccccc45)ccc3c2-c2ccccc2)cc1. The standard InChI is InChI=1S/C42H27NS/c1-3-13-28(14-4-1)41-36-24-23-30(27-40(36)44-42(41)29-15-5-2-6-16-29)31-25-26-39(33-18-8-7-17-32(31)33)43-37-21-11-9-19-34(37)35-20-10-12-22-38(35)43/h1-27H. The van der Waals surface area contributed by atoms with Crippen LogP contribution in [0.15, 0.2) is 164 Å². The van der Waals surface area contributed by atoms with E-state index in [4.69, 9.17) is 0 Å². The average Bonchev–Trinajstić information content (AvgIpc) is 3.64. The van der Waals surface area contributed by atoms with Gasteiger partial charge in [-0.3, -0.25) is 0 Å². The molecular weight excluding hydrogens is 551 g/mol. The minimum absolute atomic E-state index is 1.21. The van der Waals surface area contributed by atoms with Crippen molar-refractivity contribution in [2.75, 3.05) is 0 Å². The molecule has 206 valence electrons. The summed E-state index contributed by atoms with van der Waals surface area (Å²) in [6.07, 6.45) is 0. The molecule has 44 heavy (non-hydrogen) atoms. The Labute approximate surface area is 259 Å². The summed E-state index contributed by atoms with van der Waals surface area (Å²) < 4.78 is 3.73. The van der Waals surface area contributed by atoms with Crippen molar-refractivity contribution >= 4 is 54.0 Å². The van der Waals surface area contributed by atoms with E-state index in [1.807, 2.05) is 11.3 Å². The molecule has 0 spiro atoms. The second kappa shape index (κ2) is 10.1. The molecule has 1 nitrogen and oxygen atoms in total. The number of hydrogen-bond acceptors (Lipinski definition) is 1. The van der Waals surface area contributed by atoms with E-state index in [0.29, 0.717) is 0 Å². The second-order valence-electron chi connectivity index (χ2n) is 11.3. The molecule has 0 amide bonds. The summed E-state index contributed by atoms with van der Waals surface area (Å²) in [5, 5.41) is 6.37. The Hall–Kier alpha value is -5.44. The summed E-state index contributed by atoms with van der Waals surface area (Å²) in [7, 11) is 0. The van der Waals surface area contributed by atoms with Gasteiger partial charge in [0.2, 0.25) is 0 Å². The molecule has 2 heteroatoms. The van der Waals surface area contributed by atoms with Gasteiger partial charge in [-0.25, -0.2) is 0 Å². The number of rotatable bonds is 4. The Bertz CT molecular complexity index is 2430. The van der Waals surface area contributed by atoms with Crippen molar-refractivity contribution in [3.8, 4) is 38.4 Å². The van der Waals surface area contributed by atoms with Gasteiger partial charge in [0.05, 0.1) is 16.7 Å². The van der Waals surface area contributed by atoms with Crippen LogP contribution >= 0.6 is 11.3 Å². The molecule has 0 saturated heterocycles. The van der Waals surface area contributed by atoms with Crippen LogP contribution in [0, 0.1) is 0 Å². The van der Waals surface area contributed by atoms with Crippen LogP contribution in [0.2, 0.25) is 0 Å². The lowest BCUT2D eigenvalue weighted by atomic mass is 9.94. The molecule has 2 aromatic heterocycles. The van der Waals surface area contributed by atoms with E-state index in [-0.39, 0.29) is 0 Å². The monoisotopic (exact) mass is 577 g/mol. The molecule has 0 bridgehead atoms. The summed E-state index contributed by atoms with van der Waals surface area (Å²) in [6, 6.07) is 59.5. The highest BCUT2D eigenvalue weighted by molar-refractivity contribution is 7.23. The van der Waals surface area contributed by atoms with Crippen molar-refractivity contribution in [2.45, 2.75) is 0 Å². The molecule has 9 rings (SSSR count). The smallest absolute Gasteiger partial charge is 0.0541 e. The first-order valence-corrected chi connectivity index (χ1v) is 15.8. The number of benzene rings is 7. The lowest BCUT2D eigenvalue weighted by Crippen LogP contribution is -1.96. The molecule has 0 unspecified atom stereocenters. The van der Waals surface area contributed by atoms with E-state index >= 15 is 0 Å². The molecule has 0 saturated carbocycles. The topological polar surface area (TPSA) is 4.93 Å². The van der Waals surface area contributed by atoms with Crippen molar-refractivity contribution in [1.82, 2.24) is 4.57 Å². The quantitative estimate of drug-likeness (QED) is 0.196. The highest BCUT2D eigenvalue weighted by Gasteiger charge is 2.18. The molecule has 7 aromatic carbocycles. The Morgan fingerprint density at radius 1 is 0.386 bits per heavy atom. The van der Waals surface area contributed by atoms with Crippen LogP contribution < -0.4 is 0 Å². The first-order valence-electron chi connectivity index (χ1n) is 15.0. The zero-order valence-electron chi connectivity index (χ0n) is 23.9. The van der Waals surface area contributed by atoms with Crippen LogP contribution in [0.1, 0.15) is 0 Å². The summed E-state index contributed by atoms with van der Waals surface area (Å²) >= 11 is 1.89. The maximum Gasteiger partial charge on any atom is 0.0541 e. The van der Waals surface area contributed by atoms with Crippen LogP contribution in [0.3, 0.4) is 0 Å². The Morgan fingerprint density at radius 2 is 0.955 bits per heavy atom. The van der Waals surface area contributed by atoms with Gasteiger partial charge in [0, 0.05) is 36.7 Å². The maximum absolute atomic E-state index is 2.43. The Morgan fingerprint density at radius 3 is 1.64 bits per heavy atom. The lowest BCUT2D eigenvalue weighted by molar-refractivity contribution is 1.20. The van der Waals surface area contributed by atoms with E-state index in [2.05, 4.69) is 168 Å². The van der Waals surface area contributed by atoms with Gasteiger partial charge in [-0.2, -0.15) is 0 Å². The largest absolute Gasteiger partial charge is 0.309 e. The third-order valence-corrected chi connectivity index (χ3v) is 10.0. The molecule has 9 aromatic rings. The number of aromatic nitrogens is 1. The van der Waals surface area contributed by atoms with Crippen LogP contribution in [-0.4, -0.2) is 4.57 Å². The van der Waals surface area contributed by atoms with E-state index in [0.717, 1.165) is 0 Å². The second-order valence-corrected chi connectivity index (χ2v) is 12.3. The summed E-state index contributed by atoms with van der Waals surface area (Å²) in [5.41, 5.74) is 9.99. The number of para-hydroxylation sites is 2. The number of hydrogen-bond donors (Lipinski definition) is 0.